The number of hydrogen-bond acceptors (Lipinski definition) is 6. The van der Waals surface area contributed by atoms with E-state index in [9.17, 15) is 9.59 Å². The number of benzene rings is 2. The summed E-state index contributed by atoms with van der Waals surface area (Å²) in [6, 6.07) is 12.5. The van der Waals surface area contributed by atoms with Gasteiger partial charge >= 0.3 is 17.9 Å². The van der Waals surface area contributed by atoms with Gasteiger partial charge in [-0.1, -0.05) is 28.9 Å². The minimum absolute atomic E-state index is 0.0458. The molecule has 9 nitrogen and oxygen atoms in total. The number of anilines is 1. The van der Waals surface area contributed by atoms with Crippen LogP contribution in [0, 0.1) is 0 Å². The van der Waals surface area contributed by atoms with E-state index in [4.69, 9.17) is 26.0 Å². The highest BCUT2D eigenvalue weighted by atomic mass is 35.5. The molecule has 2 aromatic carbocycles. The predicted molar refractivity (Wildman–Crippen MR) is 104 cm³/mol. The van der Waals surface area contributed by atoms with E-state index in [2.05, 4.69) is 20.8 Å². The van der Waals surface area contributed by atoms with Crippen molar-refractivity contribution in [2.45, 2.75) is 12.5 Å². The van der Waals surface area contributed by atoms with E-state index in [1.807, 2.05) is 12.1 Å². The Morgan fingerprint density at radius 1 is 1.17 bits per heavy atom. The maximum absolute atomic E-state index is 12.4. The molecule has 0 radical (unpaired) electrons. The molecule has 10 heteroatoms. The average Bonchev–Trinajstić information content (AvgIpc) is 3.20. The summed E-state index contributed by atoms with van der Waals surface area (Å²) in [7, 11) is 1.56. The first-order chi connectivity index (χ1) is 13.9. The molecule has 1 atom stereocenters. The van der Waals surface area contributed by atoms with Gasteiger partial charge in [0, 0.05) is 17.1 Å². The van der Waals surface area contributed by atoms with Crippen LogP contribution in [0.15, 0.2) is 53.1 Å². The molecule has 150 valence electrons. The number of methoxy groups -OCH3 is 1. The first-order valence-electron chi connectivity index (χ1n) is 8.47. The van der Waals surface area contributed by atoms with Gasteiger partial charge in [0.05, 0.1) is 13.2 Å². The third-order valence-corrected chi connectivity index (χ3v) is 4.19. The Morgan fingerprint density at radius 3 is 2.45 bits per heavy atom. The van der Waals surface area contributed by atoms with Gasteiger partial charge in [0.15, 0.2) is 5.82 Å². The van der Waals surface area contributed by atoms with Crippen LogP contribution < -0.4 is 15.4 Å². The fraction of sp³-hybridized carbons (Fsp3) is 0.158. The number of nitrogens with zero attached hydrogens (tertiary/aromatic N) is 2. The van der Waals surface area contributed by atoms with Crippen molar-refractivity contribution < 1.29 is 24.0 Å². The molecule has 0 saturated heterocycles. The Morgan fingerprint density at radius 2 is 1.86 bits per heavy atom. The number of urea groups is 1. The monoisotopic (exact) mass is 416 g/mol. The topological polar surface area (TPSA) is 127 Å². The number of rotatable bonds is 7. The molecule has 3 N–H and O–H groups in total. The number of aromatic carboxylic acids is 1. The van der Waals surface area contributed by atoms with Crippen molar-refractivity contribution in [3.05, 3.63) is 70.8 Å². The summed E-state index contributed by atoms with van der Waals surface area (Å²) >= 11 is 5.84. The molecule has 1 aromatic heterocycles. The van der Waals surface area contributed by atoms with Crippen molar-refractivity contribution in [2.24, 2.45) is 0 Å². The van der Waals surface area contributed by atoms with Crippen LogP contribution >= 0.6 is 11.6 Å². The summed E-state index contributed by atoms with van der Waals surface area (Å²) in [5, 5.41) is 18.6. The van der Waals surface area contributed by atoms with E-state index in [-0.39, 0.29) is 5.82 Å². The number of carbonyl (C=O) groups excluding carboxylic acids is 1. The maximum atomic E-state index is 12.4. The van der Waals surface area contributed by atoms with Gasteiger partial charge in [-0.15, -0.1) is 0 Å². The molecule has 3 aromatic rings. The van der Waals surface area contributed by atoms with Gasteiger partial charge in [0.25, 0.3) is 0 Å². The largest absolute Gasteiger partial charge is 0.497 e. The Balaban J connectivity index is 1.77. The third-order valence-electron chi connectivity index (χ3n) is 3.94. The Kier molecular flexibility index (Phi) is 6.30. The normalized spacial score (nSPS) is 11.5. The first kappa shape index (κ1) is 20.2. The highest BCUT2D eigenvalue weighted by Crippen LogP contribution is 2.20. The molecule has 3 rings (SSSR count). The molecule has 1 heterocycles. The Hall–Kier alpha value is -3.59. The van der Waals surface area contributed by atoms with Gasteiger partial charge in [-0.3, -0.25) is 0 Å². The number of amides is 2. The van der Waals surface area contributed by atoms with E-state index in [0.29, 0.717) is 22.9 Å². The van der Waals surface area contributed by atoms with Crippen LogP contribution in [0.4, 0.5) is 10.5 Å². The zero-order valence-electron chi connectivity index (χ0n) is 15.3. The molecule has 29 heavy (non-hydrogen) atoms. The molecule has 0 spiro atoms. The molecule has 0 fully saturated rings. The van der Waals surface area contributed by atoms with E-state index in [0.717, 1.165) is 5.56 Å². The minimum Gasteiger partial charge on any atom is -0.497 e. The van der Waals surface area contributed by atoms with Crippen LogP contribution in [-0.4, -0.2) is 34.4 Å². The van der Waals surface area contributed by atoms with E-state index >= 15 is 0 Å². The van der Waals surface area contributed by atoms with Crippen LogP contribution in [0.25, 0.3) is 0 Å². The quantitative estimate of drug-likeness (QED) is 0.537. The number of carboxylic acid groups (broad SMARTS) is 1. The molecule has 0 aliphatic rings. The second-order valence-electron chi connectivity index (χ2n) is 5.97. The van der Waals surface area contributed by atoms with Crippen LogP contribution in [-0.2, 0) is 6.42 Å². The Bertz CT molecular complexity index is 989. The van der Waals surface area contributed by atoms with E-state index in [1.165, 1.54) is 0 Å². The summed E-state index contributed by atoms with van der Waals surface area (Å²) in [6.07, 6.45) is 0.302. The highest BCUT2D eigenvalue weighted by molar-refractivity contribution is 6.30. The summed E-state index contributed by atoms with van der Waals surface area (Å²) in [6.45, 7) is 0. The fourth-order valence-corrected chi connectivity index (χ4v) is 2.65. The van der Waals surface area contributed by atoms with Gasteiger partial charge in [-0.2, -0.15) is 4.98 Å². The number of halogens is 1. The maximum Gasteiger partial charge on any atom is 0.394 e. The van der Waals surface area contributed by atoms with Gasteiger partial charge in [-0.05, 0) is 42.0 Å². The number of ether oxygens (including phenoxy) is 1. The second-order valence-corrected chi connectivity index (χ2v) is 6.41. The highest BCUT2D eigenvalue weighted by Gasteiger charge is 2.23. The van der Waals surface area contributed by atoms with Crippen molar-refractivity contribution in [1.29, 1.82) is 0 Å². The fourth-order valence-electron chi connectivity index (χ4n) is 2.53. The summed E-state index contributed by atoms with van der Waals surface area (Å²) in [5.41, 5.74) is 1.39. The first-order valence-corrected chi connectivity index (χ1v) is 8.85. The Labute approximate surface area is 170 Å². The average molecular weight is 417 g/mol. The molecule has 0 unspecified atom stereocenters. The van der Waals surface area contributed by atoms with Crippen LogP contribution in [0.3, 0.4) is 0 Å². The van der Waals surface area contributed by atoms with Crippen LogP contribution in [0.2, 0.25) is 5.02 Å². The van der Waals surface area contributed by atoms with Crippen LogP contribution in [0.1, 0.15) is 28.1 Å². The smallest absolute Gasteiger partial charge is 0.394 e. The summed E-state index contributed by atoms with van der Waals surface area (Å²) in [5.74, 6) is -1.17. The zero-order chi connectivity index (χ0) is 20.8. The number of carboxylic acids is 1. The van der Waals surface area contributed by atoms with Crippen molar-refractivity contribution in [2.75, 3.05) is 12.4 Å². The lowest BCUT2D eigenvalue weighted by atomic mass is 10.1. The van der Waals surface area contributed by atoms with Gasteiger partial charge in [0.2, 0.25) is 0 Å². The van der Waals surface area contributed by atoms with Gasteiger partial charge in [-0.25, -0.2) is 9.59 Å². The molecule has 0 saturated carbocycles. The third kappa shape index (κ3) is 5.45. The molecular formula is C19H17ClN4O5. The molecular weight excluding hydrogens is 400 g/mol. The lowest BCUT2D eigenvalue weighted by Gasteiger charge is -2.16. The van der Waals surface area contributed by atoms with Crippen molar-refractivity contribution >= 4 is 29.3 Å². The second kappa shape index (κ2) is 9.07. The van der Waals surface area contributed by atoms with E-state index < -0.39 is 23.9 Å². The molecule has 0 aliphatic heterocycles. The van der Waals surface area contributed by atoms with Crippen LogP contribution in [0.5, 0.6) is 5.75 Å². The summed E-state index contributed by atoms with van der Waals surface area (Å²) < 4.78 is 9.86. The number of hydrogen-bond donors (Lipinski definition) is 3. The van der Waals surface area contributed by atoms with Crippen molar-refractivity contribution in [3.63, 3.8) is 0 Å². The SMILES string of the molecule is COc1ccc(C[C@H](NC(=O)Nc2ccc(Cl)cc2)c2noc(C(=O)O)n2)cc1. The minimum atomic E-state index is -1.35. The van der Waals surface area contributed by atoms with Crippen molar-refractivity contribution in [3.8, 4) is 5.75 Å². The number of carbonyl (C=O) groups is 2. The van der Waals surface area contributed by atoms with Gasteiger partial charge < -0.3 is 25.0 Å². The lowest BCUT2D eigenvalue weighted by molar-refractivity contribution is 0.0643. The van der Waals surface area contributed by atoms with Gasteiger partial charge in [0.1, 0.15) is 5.75 Å². The molecule has 2 amide bonds. The number of aromatic nitrogens is 2. The van der Waals surface area contributed by atoms with E-state index in [1.54, 1.807) is 43.5 Å². The predicted octanol–water partition coefficient (Wildman–Crippen LogP) is 3.54. The van der Waals surface area contributed by atoms with Crippen molar-refractivity contribution in [1.82, 2.24) is 15.5 Å². The molecule has 0 bridgehead atoms. The lowest BCUT2D eigenvalue weighted by Crippen LogP contribution is -2.34. The zero-order valence-corrected chi connectivity index (χ0v) is 16.0. The summed E-state index contributed by atoms with van der Waals surface area (Å²) in [4.78, 5) is 27.3. The standard InChI is InChI=1S/C19H17ClN4O5/c1-28-14-8-2-11(3-9-14)10-15(16-23-17(18(25)26)29-24-16)22-19(27)21-13-6-4-12(20)5-7-13/h2-9,15H,10H2,1H3,(H,25,26)(H2,21,22,27)/t15-/m0/s1. The number of nitrogens with one attached hydrogen (secondary N) is 2. The molecule has 0 aliphatic carbocycles.